The fraction of sp³-hybridized carbons (Fsp3) is 0.333. The number of carbonyl (C=O) groups is 2. The summed E-state index contributed by atoms with van der Waals surface area (Å²) in [5, 5.41) is 2.99. The Hall–Kier alpha value is -1.30. The maximum absolute atomic E-state index is 11.9. The smallest absolute Gasteiger partial charge is 0.313 e. The van der Waals surface area contributed by atoms with Crippen LogP contribution in [0.1, 0.15) is 0 Å². The Morgan fingerprint density at radius 3 is 2.58 bits per heavy atom. The Balaban J connectivity index is 2.04. The van der Waals surface area contributed by atoms with Crippen LogP contribution in [0.5, 0.6) is 0 Å². The van der Waals surface area contributed by atoms with Gasteiger partial charge in [-0.3, -0.25) is 9.59 Å². The van der Waals surface area contributed by atoms with Crippen LogP contribution >= 0.6 is 23.2 Å². The maximum Gasteiger partial charge on any atom is 0.313 e. The quantitative estimate of drug-likeness (QED) is 0.805. The molecule has 1 saturated heterocycles. The van der Waals surface area contributed by atoms with E-state index in [4.69, 9.17) is 27.9 Å². The van der Waals surface area contributed by atoms with E-state index in [0.29, 0.717) is 37.0 Å². The average Bonchev–Trinajstić information content (AvgIpc) is 2.44. The Kier molecular flexibility index (Phi) is 4.63. The lowest BCUT2D eigenvalue weighted by Gasteiger charge is -2.26. The highest BCUT2D eigenvalue weighted by Crippen LogP contribution is 2.29. The van der Waals surface area contributed by atoms with Crippen LogP contribution in [0.3, 0.4) is 0 Å². The first-order valence-corrected chi connectivity index (χ1v) is 6.47. The summed E-state index contributed by atoms with van der Waals surface area (Å²) in [4.78, 5) is 25.2. The molecule has 0 radical (unpaired) electrons. The SMILES string of the molecule is O=C(Nc1cccc(Cl)c1Cl)C(=O)N1CCOCC1. The van der Waals surface area contributed by atoms with Gasteiger partial charge in [0.1, 0.15) is 0 Å². The minimum absolute atomic E-state index is 0.215. The summed E-state index contributed by atoms with van der Waals surface area (Å²) < 4.78 is 5.12. The largest absolute Gasteiger partial charge is 0.378 e. The zero-order valence-electron chi connectivity index (χ0n) is 9.99. The highest BCUT2D eigenvalue weighted by Gasteiger charge is 2.24. The average molecular weight is 303 g/mol. The predicted octanol–water partition coefficient (Wildman–Crippen LogP) is 1.79. The minimum Gasteiger partial charge on any atom is -0.378 e. The highest BCUT2D eigenvalue weighted by molar-refractivity contribution is 6.45. The number of rotatable bonds is 1. The molecule has 7 heteroatoms. The van der Waals surface area contributed by atoms with Crippen molar-refractivity contribution in [2.75, 3.05) is 31.6 Å². The van der Waals surface area contributed by atoms with Crippen LogP contribution < -0.4 is 5.32 Å². The van der Waals surface area contributed by atoms with Crippen LogP contribution in [0, 0.1) is 0 Å². The number of hydrogen-bond acceptors (Lipinski definition) is 3. The van der Waals surface area contributed by atoms with Crippen molar-refractivity contribution in [3.8, 4) is 0 Å². The van der Waals surface area contributed by atoms with Gasteiger partial charge >= 0.3 is 11.8 Å². The Morgan fingerprint density at radius 1 is 1.21 bits per heavy atom. The molecule has 0 spiro atoms. The van der Waals surface area contributed by atoms with Crippen LogP contribution in [-0.2, 0) is 14.3 Å². The molecule has 1 aliphatic heterocycles. The molecule has 1 aliphatic rings. The molecule has 19 heavy (non-hydrogen) atoms. The van der Waals surface area contributed by atoms with E-state index in [0.717, 1.165) is 0 Å². The molecule has 0 unspecified atom stereocenters. The van der Waals surface area contributed by atoms with E-state index in [-0.39, 0.29) is 5.02 Å². The summed E-state index contributed by atoms with van der Waals surface area (Å²) in [7, 11) is 0. The molecule has 1 aromatic rings. The summed E-state index contributed by atoms with van der Waals surface area (Å²) in [5.74, 6) is -1.33. The van der Waals surface area contributed by atoms with Gasteiger partial charge in [0.25, 0.3) is 0 Å². The van der Waals surface area contributed by atoms with Crippen molar-refractivity contribution >= 4 is 40.7 Å². The molecular formula is C12H12Cl2N2O3. The van der Waals surface area contributed by atoms with Crippen molar-refractivity contribution in [2.45, 2.75) is 0 Å². The van der Waals surface area contributed by atoms with Crippen LogP contribution in [0.15, 0.2) is 18.2 Å². The van der Waals surface area contributed by atoms with Crippen molar-refractivity contribution in [3.63, 3.8) is 0 Å². The van der Waals surface area contributed by atoms with Crippen LogP contribution in [0.2, 0.25) is 10.0 Å². The predicted molar refractivity (Wildman–Crippen MR) is 72.5 cm³/mol. The highest BCUT2D eigenvalue weighted by atomic mass is 35.5. The van der Waals surface area contributed by atoms with Gasteiger partial charge in [0.15, 0.2) is 0 Å². The van der Waals surface area contributed by atoms with E-state index >= 15 is 0 Å². The number of nitrogens with one attached hydrogen (secondary N) is 1. The van der Waals surface area contributed by atoms with Gasteiger partial charge in [-0.2, -0.15) is 0 Å². The van der Waals surface area contributed by atoms with E-state index in [1.807, 2.05) is 0 Å². The Morgan fingerprint density at radius 2 is 1.89 bits per heavy atom. The van der Waals surface area contributed by atoms with Gasteiger partial charge in [0.2, 0.25) is 0 Å². The second kappa shape index (κ2) is 6.23. The van der Waals surface area contributed by atoms with Gasteiger partial charge in [-0.15, -0.1) is 0 Å². The third kappa shape index (κ3) is 3.37. The van der Waals surface area contributed by atoms with Gasteiger partial charge in [-0.1, -0.05) is 29.3 Å². The topological polar surface area (TPSA) is 58.6 Å². The van der Waals surface area contributed by atoms with E-state index in [1.165, 1.54) is 4.90 Å². The summed E-state index contributed by atoms with van der Waals surface area (Å²) in [5.41, 5.74) is 0.320. The lowest BCUT2D eigenvalue weighted by molar-refractivity contribution is -0.145. The number of ether oxygens (including phenoxy) is 1. The summed E-state index contributed by atoms with van der Waals surface area (Å²) in [6.07, 6.45) is 0. The number of amides is 2. The van der Waals surface area contributed by atoms with E-state index < -0.39 is 11.8 Å². The molecule has 1 aromatic carbocycles. The standard InChI is InChI=1S/C12H12Cl2N2O3/c13-8-2-1-3-9(10(8)14)15-11(17)12(18)16-4-6-19-7-5-16/h1-3H,4-7H2,(H,15,17). The summed E-state index contributed by atoms with van der Waals surface area (Å²) in [6.45, 7) is 1.71. The van der Waals surface area contributed by atoms with Crippen molar-refractivity contribution in [2.24, 2.45) is 0 Å². The van der Waals surface area contributed by atoms with Crippen molar-refractivity contribution < 1.29 is 14.3 Å². The number of halogens is 2. The molecule has 0 bridgehead atoms. The molecule has 0 saturated carbocycles. The molecule has 102 valence electrons. The monoisotopic (exact) mass is 302 g/mol. The first-order valence-electron chi connectivity index (χ1n) is 5.71. The van der Waals surface area contributed by atoms with Crippen molar-refractivity contribution in [1.29, 1.82) is 0 Å². The van der Waals surface area contributed by atoms with E-state index in [9.17, 15) is 9.59 Å². The normalized spacial score (nSPS) is 15.2. The number of benzene rings is 1. The summed E-state index contributed by atoms with van der Waals surface area (Å²) >= 11 is 11.8. The number of hydrogen-bond donors (Lipinski definition) is 1. The third-order valence-electron chi connectivity index (χ3n) is 2.69. The van der Waals surface area contributed by atoms with Crippen molar-refractivity contribution in [3.05, 3.63) is 28.2 Å². The first-order chi connectivity index (χ1) is 9.09. The van der Waals surface area contributed by atoms with E-state index in [2.05, 4.69) is 5.32 Å². The molecule has 0 aromatic heterocycles. The molecule has 1 N–H and O–H groups in total. The molecule has 1 fully saturated rings. The Labute approximate surface area is 120 Å². The van der Waals surface area contributed by atoms with Crippen LogP contribution in [-0.4, -0.2) is 43.0 Å². The lowest BCUT2D eigenvalue weighted by atomic mass is 10.3. The number of carbonyl (C=O) groups excluding carboxylic acids is 2. The summed E-state index contributed by atoms with van der Waals surface area (Å²) in [6, 6.07) is 4.82. The Bertz CT molecular complexity index is 502. The molecule has 0 aliphatic carbocycles. The van der Waals surface area contributed by atoms with Gasteiger partial charge in [0.05, 0.1) is 28.9 Å². The number of nitrogens with zero attached hydrogens (tertiary/aromatic N) is 1. The fourth-order valence-corrected chi connectivity index (χ4v) is 2.03. The number of morpholine rings is 1. The third-order valence-corrected chi connectivity index (χ3v) is 3.51. The van der Waals surface area contributed by atoms with Gasteiger partial charge in [-0.05, 0) is 12.1 Å². The molecule has 5 nitrogen and oxygen atoms in total. The molecule has 1 heterocycles. The molecular weight excluding hydrogens is 291 g/mol. The van der Waals surface area contributed by atoms with Crippen LogP contribution in [0.4, 0.5) is 5.69 Å². The first kappa shape index (κ1) is 14.1. The molecule has 2 rings (SSSR count). The minimum atomic E-state index is -0.730. The maximum atomic E-state index is 11.9. The fourth-order valence-electron chi connectivity index (χ4n) is 1.69. The van der Waals surface area contributed by atoms with E-state index in [1.54, 1.807) is 18.2 Å². The zero-order valence-corrected chi connectivity index (χ0v) is 11.5. The second-order valence-corrected chi connectivity index (χ2v) is 4.75. The lowest BCUT2D eigenvalue weighted by Crippen LogP contribution is -2.45. The van der Waals surface area contributed by atoms with Gasteiger partial charge in [0, 0.05) is 13.1 Å². The van der Waals surface area contributed by atoms with Crippen molar-refractivity contribution in [1.82, 2.24) is 4.90 Å². The zero-order chi connectivity index (χ0) is 13.8. The number of anilines is 1. The second-order valence-electron chi connectivity index (χ2n) is 3.96. The molecule has 2 amide bonds. The molecule has 0 atom stereocenters. The van der Waals surface area contributed by atoms with Crippen LogP contribution in [0.25, 0.3) is 0 Å². The van der Waals surface area contributed by atoms with Gasteiger partial charge < -0.3 is 15.0 Å². The van der Waals surface area contributed by atoms with Gasteiger partial charge in [-0.25, -0.2) is 0 Å².